The van der Waals surface area contributed by atoms with Crippen molar-refractivity contribution in [2.24, 2.45) is 5.92 Å². The highest BCUT2D eigenvalue weighted by Gasteiger charge is 2.15. The van der Waals surface area contributed by atoms with Gasteiger partial charge >= 0.3 is 0 Å². The first-order valence-electron chi connectivity index (χ1n) is 7.34. The number of ether oxygens (including phenoxy) is 3. The van der Waals surface area contributed by atoms with Crippen LogP contribution in [0.15, 0.2) is 0 Å². The molecule has 0 aromatic heterocycles. The van der Waals surface area contributed by atoms with Crippen LogP contribution in [0.1, 0.15) is 26.7 Å². The van der Waals surface area contributed by atoms with Gasteiger partial charge in [-0.1, -0.05) is 13.8 Å². The third kappa shape index (κ3) is 9.35. The fourth-order valence-corrected chi connectivity index (χ4v) is 1.90. The fourth-order valence-electron chi connectivity index (χ4n) is 1.90. The van der Waals surface area contributed by atoms with E-state index in [4.69, 9.17) is 14.2 Å². The first kappa shape index (κ1) is 16.9. The maximum Gasteiger partial charge on any atom is 0.0897 e. The van der Waals surface area contributed by atoms with E-state index in [0.717, 1.165) is 32.6 Å². The highest BCUT2D eigenvalue weighted by molar-refractivity contribution is 4.64. The Balaban J connectivity index is 1.83. The predicted octanol–water partition coefficient (Wildman–Crippen LogP) is 0.805. The van der Waals surface area contributed by atoms with Crippen LogP contribution in [0.4, 0.5) is 0 Å². The minimum atomic E-state index is -0.466. The Bertz CT molecular complexity index is 208. The Kier molecular flexibility index (Phi) is 9.38. The van der Waals surface area contributed by atoms with Crippen LogP contribution in [0, 0.1) is 5.92 Å². The van der Waals surface area contributed by atoms with Crippen molar-refractivity contribution in [2.75, 3.05) is 46.1 Å². The Morgan fingerprint density at radius 1 is 1.32 bits per heavy atom. The van der Waals surface area contributed by atoms with Crippen LogP contribution in [0.2, 0.25) is 0 Å². The summed E-state index contributed by atoms with van der Waals surface area (Å²) in [5.41, 5.74) is 0. The molecule has 0 spiro atoms. The number of hydrogen-bond donors (Lipinski definition) is 2. The molecule has 0 bridgehead atoms. The van der Waals surface area contributed by atoms with Gasteiger partial charge in [0, 0.05) is 26.3 Å². The first-order chi connectivity index (χ1) is 9.18. The monoisotopic (exact) mass is 275 g/mol. The zero-order valence-corrected chi connectivity index (χ0v) is 12.3. The highest BCUT2D eigenvalue weighted by Crippen LogP contribution is 2.11. The number of aliphatic hydroxyl groups excluding tert-OH is 1. The summed E-state index contributed by atoms with van der Waals surface area (Å²) in [5, 5.41) is 12.8. The average molecular weight is 275 g/mol. The van der Waals surface area contributed by atoms with Gasteiger partial charge in [-0.3, -0.25) is 0 Å². The zero-order chi connectivity index (χ0) is 13.9. The van der Waals surface area contributed by atoms with Gasteiger partial charge in [0.15, 0.2) is 0 Å². The summed E-state index contributed by atoms with van der Waals surface area (Å²) in [7, 11) is 0. The third-order valence-corrected chi connectivity index (χ3v) is 2.89. The van der Waals surface area contributed by atoms with E-state index in [0.29, 0.717) is 32.3 Å². The van der Waals surface area contributed by atoms with Gasteiger partial charge in [-0.05, 0) is 18.8 Å². The summed E-state index contributed by atoms with van der Waals surface area (Å²) in [6, 6.07) is 0. The molecule has 0 aromatic rings. The summed E-state index contributed by atoms with van der Waals surface area (Å²) in [6.07, 6.45) is 1.95. The van der Waals surface area contributed by atoms with Gasteiger partial charge in [0.1, 0.15) is 0 Å². The van der Waals surface area contributed by atoms with E-state index in [1.165, 1.54) is 0 Å². The summed E-state index contributed by atoms with van der Waals surface area (Å²) in [6.45, 7) is 8.82. The normalized spacial score (nSPS) is 21.2. The van der Waals surface area contributed by atoms with Gasteiger partial charge in [-0.15, -0.1) is 0 Å². The molecule has 1 aliphatic rings. The van der Waals surface area contributed by atoms with Gasteiger partial charge in [-0.2, -0.15) is 0 Å². The molecule has 1 saturated heterocycles. The van der Waals surface area contributed by atoms with Crippen LogP contribution in [-0.2, 0) is 14.2 Å². The van der Waals surface area contributed by atoms with Crippen LogP contribution >= 0.6 is 0 Å². The second-order valence-corrected chi connectivity index (χ2v) is 5.50. The Labute approximate surface area is 116 Å². The van der Waals surface area contributed by atoms with E-state index < -0.39 is 6.10 Å². The zero-order valence-electron chi connectivity index (χ0n) is 12.3. The quantitative estimate of drug-likeness (QED) is 0.546. The number of hydrogen-bond acceptors (Lipinski definition) is 5. The summed E-state index contributed by atoms with van der Waals surface area (Å²) in [5.74, 6) is 0.566. The van der Waals surface area contributed by atoms with Crippen molar-refractivity contribution in [1.29, 1.82) is 0 Å². The molecule has 2 N–H and O–H groups in total. The number of nitrogens with one attached hydrogen (secondary N) is 1. The molecule has 0 amide bonds. The Morgan fingerprint density at radius 2 is 2.16 bits per heavy atom. The molecule has 2 unspecified atom stereocenters. The largest absolute Gasteiger partial charge is 0.389 e. The van der Waals surface area contributed by atoms with Crippen LogP contribution in [0.5, 0.6) is 0 Å². The topological polar surface area (TPSA) is 60.0 Å². The molecule has 0 aliphatic carbocycles. The Morgan fingerprint density at radius 3 is 2.84 bits per heavy atom. The molecule has 2 atom stereocenters. The van der Waals surface area contributed by atoms with Crippen molar-refractivity contribution >= 4 is 0 Å². The van der Waals surface area contributed by atoms with Gasteiger partial charge in [0.05, 0.1) is 32.0 Å². The molecule has 1 fully saturated rings. The van der Waals surface area contributed by atoms with Crippen LogP contribution in [0.25, 0.3) is 0 Å². The first-order valence-corrected chi connectivity index (χ1v) is 7.34. The van der Waals surface area contributed by atoms with Crippen molar-refractivity contribution in [1.82, 2.24) is 5.32 Å². The van der Waals surface area contributed by atoms with E-state index in [1.807, 2.05) is 0 Å². The lowest BCUT2D eigenvalue weighted by atomic mass is 10.2. The Hall–Kier alpha value is -0.200. The molecular formula is C14H29NO4. The lowest BCUT2D eigenvalue weighted by Crippen LogP contribution is -2.33. The van der Waals surface area contributed by atoms with Crippen molar-refractivity contribution in [3.63, 3.8) is 0 Å². The van der Waals surface area contributed by atoms with Crippen molar-refractivity contribution < 1.29 is 19.3 Å². The summed E-state index contributed by atoms with van der Waals surface area (Å²) in [4.78, 5) is 0. The molecule has 5 nitrogen and oxygen atoms in total. The number of aliphatic hydroxyl groups is 1. The molecule has 0 saturated carbocycles. The van der Waals surface area contributed by atoms with Crippen molar-refractivity contribution in [2.45, 2.75) is 38.9 Å². The van der Waals surface area contributed by atoms with E-state index in [2.05, 4.69) is 19.2 Å². The molecule has 1 heterocycles. The van der Waals surface area contributed by atoms with E-state index in [9.17, 15) is 5.11 Å². The number of rotatable bonds is 11. The minimum Gasteiger partial charge on any atom is -0.389 e. The molecule has 5 heteroatoms. The predicted molar refractivity (Wildman–Crippen MR) is 74.3 cm³/mol. The smallest absolute Gasteiger partial charge is 0.0897 e. The van der Waals surface area contributed by atoms with Crippen LogP contribution in [-0.4, -0.2) is 63.4 Å². The average Bonchev–Trinajstić information content (AvgIpc) is 2.86. The highest BCUT2D eigenvalue weighted by atomic mass is 16.5. The van der Waals surface area contributed by atoms with Crippen LogP contribution in [0.3, 0.4) is 0 Å². The second-order valence-electron chi connectivity index (χ2n) is 5.50. The van der Waals surface area contributed by atoms with Crippen molar-refractivity contribution in [3.8, 4) is 0 Å². The molecule has 0 radical (unpaired) electrons. The SMILES string of the molecule is CC(C)COCCNCC(O)COCC1CCCO1. The molecule has 0 aromatic carbocycles. The molecule has 1 aliphatic heterocycles. The van der Waals surface area contributed by atoms with E-state index in [-0.39, 0.29) is 6.10 Å². The van der Waals surface area contributed by atoms with E-state index >= 15 is 0 Å². The summed E-state index contributed by atoms with van der Waals surface area (Å²) < 4.78 is 16.3. The second kappa shape index (κ2) is 10.6. The molecule has 1 rings (SSSR count). The van der Waals surface area contributed by atoms with Gasteiger partial charge in [0.25, 0.3) is 0 Å². The maximum atomic E-state index is 9.70. The summed E-state index contributed by atoms with van der Waals surface area (Å²) >= 11 is 0. The van der Waals surface area contributed by atoms with Gasteiger partial charge < -0.3 is 24.6 Å². The molecule has 19 heavy (non-hydrogen) atoms. The van der Waals surface area contributed by atoms with Gasteiger partial charge in [0.2, 0.25) is 0 Å². The van der Waals surface area contributed by atoms with E-state index in [1.54, 1.807) is 0 Å². The standard InChI is InChI=1S/C14H29NO4/c1-12(2)9-17-7-5-15-8-13(16)10-18-11-14-4-3-6-19-14/h12-16H,3-11H2,1-2H3. The fraction of sp³-hybridized carbons (Fsp3) is 1.00. The lowest BCUT2D eigenvalue weighted by molar-refractivity contribution is -0.0167. The van der Waals surface area contributed by atoms with Crippen molar-refractivity contribution in [3.05, 3.63) is 0 Å². The van der Waals surface area contributed by atoms with Gasteiger partial charge in [-0.25, -0.2) is 0 Å². The maximum absolute atomic E-state index is 9.70. The third-order valence-electron chi connectivity index (χ3n) is 2.89. The minimum absolute atomic E-state index is 0.226. The molecular weight excluding hydrogens is 246 g/mol. The van der Waals surface area contributed by atoms with Crippen LogP contribution < -0.4 is 5.32 Å². The lowest BCUT2D eigenvalue weighted by Gasteiger charge is -2.14. The molecule has 114 valence electrons.